The number of hydrogen-bond donors (Lipinski definition) is 4. The molecule has 12 heteroatoms. The average Bonchev–Trinajstić information content (AvgIpc) is 2.57. The van der Waals surface area contributed by atoms with Crippen LogP contribution < -0.4 is 5.73 Å². The summed E-state index contributed by atoms with van der Waals surface area (Å²) in [5, 5.41) is 28.2. The van der Waals surface area contributed by atoms with Gasteiger partial charge in [0.2, 0.25) is 0 Å². The summed E-state index contributed by atoms with van der Waals surface area (Å²) >= 11 is 0. The molecule has 2 aliphatic heterocycles. The van der Waals surface area contributed by atoms with E-state index in [-0.39, 0.29) is 30.2 Å². The predicted molar refractivity (Wildman–Crippen MR) is 90.8 cm³/mol. The van der Waals surface area contributed by atoms with Crippen LogP contribution in [0.3, 0.4) is 0 Å². The number of nitrogens with zero attached hydrogens (tertiary/aromatic N) is 1. The summed E-state index contributed by atoms with van der Waals surface area (Å²) in [6.45, 7) is -1.56. The van der Waals surface area contributed by atoms with Crippen LogP contribution in [0.4, 0.5) is 13.2 Å². The molecule has 0 saturated carbocycles. The van der Waals surface area contributed by atoms with Crippen molar-refractivity contribution in [1.29, 1.82) is 0 Å². The van der Waals surface area contributed by atoms with Gasteiger partial charge in [0.1, 0.15) is 28.7 Å². The Labute approximate surface area is 159 Å². The van der Waals surface area contributed by atoms with Gasteiger partial charge in [-0.3, -0.25) is 4.90 Å². The van der Waals surface area contributed by atoms with Gasteiger partial charge < -0.3 is 30.4 Å². The fourth-order valence-electron chi connectivity index (χ4n) is 3.57. The second-order valence-electron chi connectivity index (χ2n) is 7.39. The molecule has 0 bridgehead atoms. The van der Waals surface area contributed by atoms with Crippen molar-refractivity contribution in [2.45, 2.75) is 43.4 Å². The number of carboxylic acid groups (broad SMARTS) is 1. The summed E-state index contributed by atoms with van der Waals surface area (Å²) in [4.78, 5) is 13.1. The van der Waals surface area contributed by atoms with Crippen LogP contribution in [0.1, 0.15) is 19.3 Å². The zero-order chi connectivity index (χ0) is 20.7. The third-order valence-electron chi connectivity index (χ3n) is 5.23. The highest BCUT2D eigenvalue weighted by Gasteiger charge is 2.53. The lowest BCUT2D eigenvalue weighted by atomic mass is 9.75. The Kier molecular flexibility index (Phi) is 5.68. The molecule has 1 saturated heterocycles. The molecular formula is C16H22BF3N2O6. The standard InChI is InChI=1S/C16H22BF3N2O6/c18-16(19,20)15(21,8-23)7-22-5-10(6-22)27-11-2-1-9-3-4-17(26)28-13(9)12(11)14(24)25/h10,23,26H,1-8,21H2,(H,24,25). The van der Waals surface area contributed by atoms with Crippen LogP contribution in [0, 0.1) is 0 Å². The molecule has 0 spiro atoms. The van der Waals surface area contributed by atoms with Crippen molar-refractivity contribution in [3.8, 4) is 0 Å². The predicted octanol–water partition coefficient (Wildman–Crippen LogP) is 0.227. The Balaban J connectivity index is 1.65. The number of aliphatic hydroxyl groups is 1. The molecular weight excluding hydrogens is 384 g/mol. The summed E-state index contributed by atoms with van der Waals surface area (Å²) in [5.41, 5.74) is 3.22. The van der Waals surface area contributed by atoms with Gasteiger partial charge in [-0.05, 0) is 24.7 Å². The van der Waals surface area contributed by atoms with E-state index in [1.54, 1.807) is 0 Å². The van der Waals surface area contributed by atoms with Crippen molar-refractivity contribution in [2.24, 2.45) is 5.73 Å². The first-order valence-electron chi connectivity index (χ1n) is 8.93. The van der Waals surface area contributed by atoms with E-state index in [2.05, 4.69) is 0 Å². The smallest absolute Gasteiger partial charge is 0.522 e. The van der Waals surface area contributed by atoms with E-state index < -0.39 is 44.1 Å². The Morgan fingerprint density at radius 3 is 2.57 bits per heavy atom. The highest BCUT2D eigenvalue weighted by Crippen LogP contribution is 2.39. The van der Waals surface area contributed by atoms with Crippen LogP contribution in [-0.2, 0) is 14.2 Å². The summed E-state index contributed by atoms with van der Waals surface area (Å²) in [7, 11) is -1.08. The third kappa shape index (κ3) is 4.00. The number of carboxylic acids is 1. The van der Waals surface area contributed by atoms with Gasteiger partial charge in [0, 0.05) is 26.1 Å². The normalized spacial score (nSPS) is 23.7. The molecule has 1 fully saturated rings. The Morgan fingerprint density at radius 2 is 2.00 bits per heavy atom. The lowest BCUT2D eigenvalue weighted by Gasteiger charge is -2.44. The van der Waals surface area contributed by atoms with E-state index in [4.69, 9.17) is 20.2 Å². The summed E-state index contributed by atoms with van der Waals surface area (Å²) in [6.07, 6.45) is -3.43. The van der Waals surface area contributed by atoms with E-state index in [0.717, 1.165) is 5.57 Å². The van der Waals surface area contributed by atoms with Crippen LogP contribution in [0.2, 0.25) is 6.32 Å². The van der Waals surface area contributed by atoms with E-state index >= 15 is 0 Å². The van der Waals surface area contributed by atoms with Crippen LogP contribution in [0.25, 0.3) is 0 Å². The molecule has 1 unspecified atom stereocenters. The van der Waals surface area contributed by atoms with Gasteiger partial charge in [0.15, 0.2) is 0 Å². The molecule has 0 amide bonds. The molecule has 0 radical (unpaired) electrons. The quantitative estimate of drug-likeness (QED) is 0.462. The van der Waals surface area contributed by atoms with Crippen molar-refractivity contribution in [3.05, 3.63) is 22.7 Å². The lowest BCUT2D eigenvalue weighted by Crippen LogP contribution is -2.67. The van der Waals surface area contributed by atoms with Crippen LogP contribution >= 0.6 is 0 Å². The minimum absolute atomic E-state index is 0.126. The highest BCUT2D eigenvalue weighted by molar-refractivity contribution is 6.43. The number of aliphatic carboxylic acids is 1. The molecule has 8 nitrogen and oxygen atoms in total. The van der Waals surface area contributed by atoms with Gasteiger partial charge in [0.05, 0.1) is 6.61 Å². The fraction of sp³-hybridized carbons (Fsp3) is 0.688. The van der Waals surface area contributed by atoms with Crippen molar-refractivity contribution >= 4 is 13.1 Å². The van der Waals surface area contributed by atoms with Crippen LogP contribution in [-0.4, -0.2) is 77.3 Å². The summed E-state index contributed by atoms with van der Waals surface area (Å²) in [5.74, 6) is -0.921. The summed E-state index contributed by atoms with van der Waals surface area (Å²) in [6, 6.07) is 0. The van der Waals surface area contributed by atoms with E-state index in [0.29, 0.717) is 25.6 Å². The lowest BCUT2D eigenvalue weighted by molar-refractivity contribution is -0.206. The topological polar surface area (TPSA) is 125 Å². The van der Waals surface area contributed by atoms with Gasteiger partial charge in [-0.1, -0.05) is 0 Å². The summed E-state index contributed by atoms with van der Waals surface area (Å²) < 4.78 is 49.9. The zero-order valence-electron chi connectivity index (χ0n) is 15.0. The van der Waals surface area contributed by atoms with Gasteiger partial charge in [0.25, 0.3) is 0 Å². The molecule has 3 aliphatic rings. The first kappa shape index (κ1) is 21.0. The second kappa shape index (κ2) is 7.58. The van der Waals surface area contributed by atoms with Crippen molar-refractivity contribution in [2.75, 3.05) is 26.2 Å². The number of aliphatic hydroxyl groups excluding tert-OH is 1. The number of hydrogen-bond acceptors (Lipinski definition) is 7. The van der Waals surface area contributed by atoms with E-state index in [9.17, 15) is 28.1 Å². The number of alkyl halides is 3. The van der Waals surface area contributed by atoms with Gasteiger partial charge in [-0.2, -0.15) is 13.2 Å². The molecule has 1 aliphatic carbocycles. The minimum atomic E-state index is -4.75. The number of likely N-dealkylation sites (tertiary alicyclic amines) is 1. The third-order valence-corrected chi connectivity index (χ3v) is 5.23. The van der Waals surface area contributed by atoms with Gasteiger partial charge >= 0.3 is 19.3 Å². The number of halogens is 3. The molecule has 156 valence electrons. The Morgan fingerprint density at radius 1 is 1.32 bits per heavy atom. The Bertz CT molecular complexity index is 707. The molecule has 5 N–H and O–H groups in total. The largest absolute Gasteiger partial charge is 0.535 e. The zero-order valence-corrected chi connectivity index (χ0v) is 15.0. The van der Waals surface area contributed by atoms with Crippen LogP contribution in [0.5, 0.6) is 0 Å². The van der Waals surface area contributed by atoms with Crippen LogP contribution in [0.15, 0.2) is 22.7 Å². The number of ether oxygens (including phenoxy) is 1. The number of carbonyl (C=O) groups is 1. The maximum Gasteiger partial charge on any atom is 0.522 e. The number of allylic oxidation sites excluding steroid dienone is 2. The molecule has 0 aromatic carbocycles. The van der Waals surface area contributed by atoms with Crippen molar-refractivity contribution in [1.82, 2.24) is 4.90 Å². The molecule has 1 atom stereocenters. The van der Waals surface area contributed by atoms with Crippen molar-refractivity contribution in [3.63, 3.8) is 0 Å². The van der Waals surface area contributed by atoms with Gasteiger partial charge in [-0.25, -0.2) is 4.79 Å². The Hall–Kier alpha value is -1.76. The average molecular weight is 406 g/mol. The van der Waals surface area contributed by atoms with E-state index in [1.807, 2.05) is 0 Å². The maximum atomic E-state index is 13.0. The fourth-order valence-corrected chi connectivity index (χ4v) is 3.57. The second-order valence-corrected chi connectivity index (χ2v) is 7.39. The molecule has 0 aromatic rings. The number of nitrogens with two attached hydrogens (primary N) is 1. The monoisotopic (exact) mass is 406 g/mol. The van der Waals surface area contributed by atoms with E-state index in [1.165, 1.54) is 4.90 Å². The highest BCUT2D eigenvalue weighted by atomic mass is 19.4. The van der Waals surface area contributed by atoms with Gasteiger partial charge in [-0.15, -0.1) is 0 Å². The number of rotatable bonds is 6. The van der Waals surface area contributed by atoms with Crippen molar-refractivity contribution < 1.29 is 42.6 Å². The molecule has 28 heavy (non-hydrogen) atoms. The molecule has 2 heterocycles. The first-order chi connectivity index (χ1) is 13.0. The maximum absolute atomic E-state index is 13.0. The minimum Gasteiger partial charge on any atom is -0.535 e. The SMILES string of the molecule is NC(CO)(CN1CC(OC2=C(C(=O)O)C3=C(CCB(O)O3)CC2)C1)C(F)(F)F. The first-order valence-corrected chi connectivity index (χ1v) is 8.93. The molecule has 3 rings (SSSR count). The molecule has 0 aromatic heterocycles.